The number of rotatable bonds is 4. The first-order valence-electron chi connectivity index (χ1n) is 9.65. The van der Waals surface area contributed by atoms with Crippen LogP contribution >= 0.6 is 34.3 Å². The molecular formula is C21H19ClN4O2S2. The van der Waals surface area contributed by atoms with Gasteiger partial charge in [-0.15, -0.1) is 0 Å². The molecule has 9 heteroatoms. The Hall–Kier alpha value is -2.42. The maximum atomic E-state index is 12.7. The molecule has 0 atom stereocenters. The van der Waals surface area contributed by atoms with Crippen LogP contribution in [0, 0.1) is 5.92 Å². The van der Waals surface area contributed by atoms with Gasteiger partial charge >= 0.3 is 0 Å². The van der Waals surface area contributed by atoms with E-state index in [1.807, 2.05) is 36.4 Å². The summed E-state index contributed by atoms with van der Waals surface area (Å²) in [6.07, 6.45) is 1.59. The van der Waals surface area contributed by atoms with Crippen molar-refractivity contribution < 1.29 is 9.53 Å². The normalized spacial score (nSPS) is 15.1. The molecule has 0 radical (unpaired) electrons. The number of nitrogens with one attached hydrogen (secondary N) is 1. The highest BCUT2D eigenvalue weighted by atomic mass is 35.5. The minimum absolute atomic E-state index is 0.0219. The minimum atomic E-state index is -0.0219. The highest BCUT2D eigenvalue weighted by Crippen LogP contribution is 2.34. The van der Waals surface area contributed by atoms with Crippen LogP contribution in [0.15, 0.2) is 36.4 Å². The summed E-state index contributed by atoms with van der Waals surface area (Å²) in [5.41, 5.74) is 1.83. The number of ether oxygens (including phenoxy) is 1. The second kappa shape index (κ2) is 8.02. The molecule has 1 N–H and O–H groups in total. The molecule has 2 aromatic heterocycles. The van der Waals surface area contributed by atoms with E-state index in [-0.39, 0.29) is 11.8 Å². The molecule has 1 saturated heterocycles. The molecule has 0 saturated carbocycles. The second-order valence-electron chi connectivity index (χ2n) is 7.21. The SMILES string of the molecule is COc1ccc2nc(N3CCC(C(=O)Nc4nc5ccc(Cl)cc5s4)CC3)sc2c1. The minimum Gasteiger partial charge on any atom is -0.497 e. The zero-order valence-corrected chi connectivity index (χ0v) is 18.6. The summed E-state index contributed by atoms with van der Waals surface area (Å²) < 4.78 is 7.38. The fourth-order valence-corrected chi connectivity index (χ4v) is 5.84. The van der Waals surface area contributed by atoms with Crippen LogP contribution in [0.25, 0.3) is 20.4 Å². The number of halogens is 1. The third-order valence-electron chi connectivity index (χ3n) is 5.30. The number of carbonyl (C=O) groups is 1. The molecule has 1 amide bonds. The van der Waals surface area contributed by atoms with Gasteiger partial charge < -0.3 is 15.0 Å². The second-order valence-corrected chi connectivity index (χ2v) is 9.69. The van der Waals surface area contributed by atoms with Crippen LogP contribution in [-0.2, 0) is 4.79 Å². The Kier molecular flexibility index (Phi) is 5.22. The van der Waals surface area contributed by atoms with Crippen LogP contribution in [-0.4, -0.2) is 36.1 Å². The van der Waals surface area contributed by atoms with E-state index in [1.165, 1.54) is 11.3 Å². The number of thiazole rings is 2. The van der Waals surface area contributed by atoms with Gasteiger partial charge in [0.05, 0.1) is 27.5 Å². The number of piperidine rings is 1. The number of nitrogens with zero attached hydrogens (tertiary/aromatic N) is 3. The van der Waals surface area contributed by atoms with Crippen LogP contribution in [0.5, 0.6) is 5.75 Å². The standard InChI is InChI=1S/C21H19ClN4O2S2/c1-28-14-3-5-16-18(11-14)30-21(24-16)26-8-6-12(7-9-26)19(27)25-20-23-15-4-2-13(22)10-17(15)29-20/h2-5,10-12H,6-9H2,1H3,(H,23,25,27). The van der Waals surface area contributed by atoms with E-state index in [0.717, 1.165) is 57.2 Å². The lowest BCUT2D eigenvalue weighted by Gasteiger charge is -2.30. The summed E-state index contributed by atoms with van der Waals surface area (Å²) in [6.45, 7) is 1.62. The first-order valence-corrected chi connectivity index (χ1v) is 11.7. The number of hydrogen-bond acceptors (Lipinski definition) is 7. The van der Waals surface area contributed by atoms with Crippen LogP contribution < -0.4 is 15.0 Å². The highest BCUT2D eigenvalue weighted by molar-refractivity contribution is 7.22. The number of aromatic nitrogens is 2. The third kappa shape index (κ3) is 3.82. The van der Waals surface area contributed by atoms with Crippen LogP contribution in [0.4, 0.5) is 10.3 Å². The van der Waals surface area contributed by atoms with E-state index < -0.39 is 0 Å². The Bertz CT molecular complexity index is 1230. The predicted octanol–water partition coefficient (Wildman–Crippen LogP) is 5.42. The van der Waals surface area contributed by atoms with E-state index in [9.17, 15) is 4.79 Å². The molecule has 0 bridgehead atoms. The monoisotopic (exact) mass is 458 g/mol. The number of benzene rings is 2. The van der Waals surface area contributed by atoms with E-state index in [4.69, 9.17) is 21.3 Å². The smallest absolute Gasteiger partial charge is 0.229 e. The molecule has 0 spiro atoms. The van der Waals surface area contributed by atoms with Crippen molar-refractivity contribution in [2.45, 2.75) is 12.8 Å². The first kappa shape index (κ1) is 19.5. The fourth-order valence-electron chi connectivity index (χ4n) is 3.65. The molecule has 0 aliphatic carbocycles. The van der Waals surface area contributed by atoms with Crippen molar-refractivity contribution in [1.29, 1.82) is 0 Å². The number of amides is 1. The number of hydrogen-bond donors (Lipinski definition) is 1. The van der Waals surface area contributed by atoms with Gasteiger partial charge in [-0.25, -0.2) is 9.97 Å². The molecule has 1 aliphatic heterocycles. The largest absolute Gasteiger partial charge is 0.497 e. The molecule has 5 rings (SSSR count). The van der Waals surface area contributed by atoms with Crippen LogP contribution in [0.1, 0.15) is 12.8 Å². The first-order chi connectivity index (χ1) is 14.6. The predicted molar refractivity (Wildman–Crippen MR) is 124 cm³/mol. The van der Waals surface area contributed by atoms with Crippen LogP contribution in [0.2, 0.25) is 5.02 Å². The number of fused-ring (bicyclic) bond motifs is 2. The third-order valence-corrected chi connectivity index (χ3v) is 7.55. The zero-order valence-electron chi connectivity index (χ0n) is 16.2. The lowest BCUT2D eigenvalue weighted by molar-refractivity contribution is -0.120. The van der Waals surface area contributed by atoms with Gasteiger partial charge in [0, 0.05) is 24.0 Å². The van der Waals surface area contributed by atoms with Gasteiger partial charge in [0.2, 0.25) is 5.91 Å². The quantitative estimate of drug-likeness (QED) is 0.442. The maximum Gasteiger partial charge on any atom is 0.229 e. The molecule has 1 fully saturated rings. The summed E-state index contributed by atoms with van der Waals surface area (Å²) in [7, 11) is 1.67. The van der Waals surface area contributed by atoms with E-state index >= 15 is 0 Å². The van der Waals surface area contributed by atoms with Gasteiger partial charge in [0.1, 0.15) is 5.75 Å². The van der Waals surface area contributed by atoms with Gasteiger partial charge in [-0.2, -0.15) is 0 Å². The van der Waals surface area contributed by atoms with Crippen molar-refractivity contribution in [2.24, 2.45) is 5.92 Å². The van der Waals surface area contributed by atoms with E-state index in [1.54, 1.807) is 18.4 Å². The zero-order chi connectivity index (χ0) is 20.7. The summed E-state index contributed by atoms with van der Waals surface area (Å²) >= 11 is 9.15. The van der Waals surface area contributed by atoms with Crippen molar-refractivity contribution in [3.05, 3.63) is 41.4 Å². The number of anilines is 2. The Morgan fingerprint density at radius 2 is 1.83 bits per heavy atom. The van der Waals surface area contributed by atoms with Crippen molar-refractivity contribution >= 4 is 70.9 Å². The Labute approximate surface area is 186 Å². The average Bonchev–Trinajstić information content (AvgIpc) is 3.36. The molecule has 1 aliphatic rings. The maximum absolute atomic E-state index is 12.7. The Balaban J connectivity index is 1.23. The fraction of sp³-hybridized carbons (Fsp3) is 0.286. The average molecular weight is 459 g/mol. The lowest BCUT2D eigenvalue weighted by atomic mass is 9.96. The Morgan fingerprint density at radius 3 is 2.63 bits per heavy atom. The molecule has 6 nitrogen and oxygen atoms in total. The van der Waals surface area contributed by atoms with Gasteiger partial charge in [0.15, 0.2) is 10.3 Å². The molecule has 2 aromatic carbocycles. The van der Waals surface area contributed by atoms with Crippen LogP contribution in [0.3, 0.4) is 0 Å². The van der Waals surface area contributed by atoms with Gasteiger partial charge in [0.25, 0.3) is 0 Å². The molecule has 3 heterocycles. The van der Waals surface area contributed by atoms with Crippen molar-refractivity contribution in [3.8, 4) is 5.75 Å². The van der Waals surface area contributed by atoms with Crippen molar-refractivity contribution in [3.63, 3.8) is 0 Å². The van der Waals surface area contributed by atoms with Crippen molar-refractivity contribution in [2.75, 3.05) is 30.4 Å². The molecular weight excluding hydrogens is 440 g/mol. The number of carbonyl (C=O) groups excluding carboxylic acids is 1. The lowest BCUT2D eigenvalue weighted by Crippen LogP contribution is -2.38. The van der Waals surface area contributed by atoms with Crippen molar-refractivity contribution in [1.82, 2.24) is 9.97 Å². The van der Waals surface area contributed by atoms with Gasteiger partial charge in [-0.1, -0.05) is 34.3 Å². The van der Waals surface area contributed by atoms with Gasteiger partial charge in [-0.3, -0.25) is 4.79 Å². The molecule has 4 aromatic rings. The summed E-state index contributed by atoms with van der Waals surface area (Å²) in [4.78, 5) is 24.3. The molecule has 30 heavy (non-hydrogen) atoms. The molecule has 154 valence electrons. The Morgan fingerprint density at radius 1 is 1.10 bits per heavy atom. The van der Waals surface area contributed by atoms with Gasteiger partial charge in [-0.05, 0) is 49.2 Å². The van der Waals surface area contributed by atoms with E-state index in [2.05, 4.69) is 15.2 Å². The number of methoxy groups -OCH3 is 1. The summed E-state index contributed by atoms with van der Waals surface area (Å²) in [5.74, 6) is 0.852. The topological polar surface area (TPSA) is 67.3 Å². The molecule has 0 unspecified atom stereocenters. The van der Waals surface area contributed by atoms with E-state index in [0.29, 0.717) is 10.2 Å². The highest BCUT2D eigenvalue weighted by Gasteiger charge is 2.27. The summed E-state index contributed by atoms with van der Waals surface area (Å²) in [6, 6.07) is 11.5. The summed E-state index contributed by atoms with van der Waals surface area (Å²) in [5, 5.41) is 5.29.